The van der Waals surface area contributed by atoms with Crippen LogP contribution in [0.1, 0.15) is 31.2 Å². The number of rotatable bonds is 4. The average Bonchev–Trinajstić information content (AvgIpc) is 2.68. The lowest BCUT2D eigenvalue weighted by molar-refractivity contribution is -0.0559. The minimum absolute atomic E-state index is 0.430. The number of hydrogen-bond acceptors (Lipinski definition) is 6. The van der Waals surface area contributed by atoms with E-state index in [2.05, 4.69) is 32.8 Å². The fraction of sp³-hybridized carbons (Fsp3) is 0.571. The van der Waals surface area contributed by atoms with Gasteiger partial charge >= 0.3 is 0 Å². The first kappa shape index (κ1) is 18.3. The molecule has 6 heteroatoms. The smallest absolute Gasteiger partial charge is 0.225 e. The zero-order valence-electron chi connectivity index (χ0n) is 16.6. The average molecular weight is 367 g/mol. The standard InChI is InChI=1S/C21H29N5O/c1-4-5-17-13-27-14-18-12-25(10-11-26(17)18)21-22-9-8-20(24-21)19-7-6-15(2)23-16(19)3/h6-9,17-18H,4-5,10-14H2,1-3H3/t17-,18+/m0/s1. The van der Waals surface area contributed by atoms with Crippen molar-refractivity contribution in [3.05, 3.63) is 35.8 Å². The van der Waals surface area contributed by atoms with Crippen molar-refractivity contribution in [2.45, 2.75) is 45.7 Å². The molecular formula is C21H29N5O. The maximum atomic E-state index is 5.89. The number of anilines is 1. The van der Waals surface area contributed by atoms with Gasteiger partial charge in [-0.15, -0.1) is 0 Å². The number of ether oxygens (including phenoxy) is 1. The first-order valence-electron chi connectivity index (χ1n) is 10.0. The molecule has 0 N–H and O–H groups in total. The van der Waals surface area contributed by atoms with E-state index in [4.69, 9.17) is 9.72 Å². The largest absolute Gasteiger partial charge is 0.378 e. The monoisotopic (exact) mass is 367 g/mol. The quantitative estimate of drug-likeness (QED) is 0.828. The van der Waals surface area contributed by atoms with Crippen LogP contribution in [0.2, 0.25) is 0 Å². The van der Waals surface area contributed by atoms with Gasteiger partial charge in [-0.05, 0) is 38.5 Å². The molecule has 0 radical (unpaired) electrons. The van der Waals surface area contributed by atoms with Gasteiger partial charge in [0.05, 0.1) is 24.9 Å². The van der Waals surface area contributed by atoms with E-state index in [9.17, 15) is 0 Å². The van der Waals surface area contributed by atoms with Crippen molar-refractivity contribution in [2.75, 3.05) is 37.7 Å². The van der Waals surface area contributed by atoms with Crippen LogP contribution < -0.4 is 4.90 Å². The van der Waals surface area contributed by atoms with Crippen LogP contribution in [-0.2, 0) is 4.74 Å². The summed E-state index contributed by atoms with van der Waals surface area (Å²) in [6, 6.07) is 7.10. The van der Waals surface area contributed by atoms with Crippen molar-refractivity contribution in [1.29, 1.82) is 0 Å². The fourth-order valence-corrected chi connectivity index (χ4v) is 4.31. The van der Waals surface area contributed by atoms with Gasteiger partial charge in [0.15, 0.2) is 0 Å². The van der Waals surface area contributed by atoms with Crippen LogP contribution in [-0.4, -0.2) is 64.8 Å². The number of aryl methyl sites for hydroxylation is 2. The molecule has 0 unspecified atom stereocenters. The van der Waals surface area contributed by atoms with Crippen molar-refractivity contribution < 1.29 is 4.74 Å². The molecule has 27 heavy (non-hydrogen) atoms. The Hall–Kier alpha value is -2.05. The van der Waals surface area contributed by atoms with E-state index >= 15 is 0 Å². The molecular weight excluding hydrogens is 338 g/mol. The van der Waals surface area contributed by atoms with Gasteiger partial charge in [-0.2, -0.15) is 0 Å². The van der Waals surface area contributed by atoms with E-state index in [0.717, 1.165) is 61.4 Å². The van der Waals surface area contributed by atoms with Gasteiger partial charge in [-0.1, -0.05) is 13.3 Å². The number of morpholine rings is 1. The van der Waals surface area contributed by atoms with Crippen LogP contribution in [0.5, 0.6) is 0 Å². The molecule has 0 amide bonds. The summed E-state index contributed by atoms with van der Waals surface area (Å²) in [7, 11) is 0. The molecule has 0 bridgehead atoms. The Labute approximate surface area is 161 Å². The third-order valence-electron chi connectivity index (χ3n) is 5.67. The molecule has 0 aromatic carbocycles. The van der Waals surface area contributed by atoms with E-state index in [1.54, 1.807) is 0 Å². The van der Waals surface area contributed by atoms with Gasteiger partial charge in [0.25, 0.3) is 0 Å². The molecule has 0 aliphatic carbocycles. The molecule has 2 aliphatic rings. The highest BCUT2D eigenvalue weighted by Gasteiger charge is 2.35. The second-order valence-corrected chi connectivity index (χ2v) is 7.65. The van der Waals surface area contributed by atoms with Crippen LogP contribution >= 0.6 is 0 Å². The molecule has 4 rings (SSSR count). The second-order valence-electron chi connectivity index (χ2n) is 7.65. The number of hydrogen-bond donors (Lipinski definition) is 0. The summed E-state index contributed by atoms with van der Waals surface area (Å²) in [5.74, 6) is 0.810. The topological polar surface area (TPSA) is 54.4 Å². The third-order valence-corrected chi connectivity index (χ3v) is 5.67. The highest BCUT2D eigenvalue weighted by Crippen LogP contribution is 2.26. The normalized spacial score (nSPS) is 23.3. The maximum Gasteiger partial charge on any atom is 0.225 e. The summed E-state index contributed by atoms with van der Waals surface area (Å²) in [5, 5.41) is 0. The number of fused-ring (bicyclic) bond motifs is 1. The van der Waals surface area contributed by atoms with Crippen molar-refractivity contribution in [3.63, 3.8) is 0 Å². The van der Waals surface area contributed by atoms with Crippen molar-refractivity contribution >= 4 is 5.95 Å². The van der Waals surface area contributed by atoms with Gasteiger partial charge in [0, 0.05) is 48.8 Å². The van der Waals surface area contributed by atoms with E-state index in [-0.39, 0.29) is 0 Å². The number of nitrogens with zero attached hydrogens (tertiary/aromatic N) is 5. The highest BCUT2D eigenvalue weighted by atomic mass is 16.5. The van der Waals surface area contributed by atoms with Crippen LogP contribution in [0.25, 0.3) is 11.3 Å². The molecule has 144 valence electrons. The molecule has 6 nitrogen and oxygen atoms in total. The van der Waals surface area contributed by atoms with E-state index < -0.39 is 0 Å². The summed E-state index contributed by atoms with van der Waals surface area (Å²) in [6.07, 6.45) is 4.28. The summed E-state index contributed by atoms with van der Waals surface area (Å²) in [5.41, 5.74) is 4.05. The lowest BCUT2D eigenvalue weighted by Gasteiger charge is -2.48. The van der Waals surface area contributed by atoms with E-state index in [0.29, 0.717) is 12.1 Å². The number of aromatic nitrogens is 3. The molecule has 2 fully saturated rings. The lowest BCUT2D eigenvalue weighted by Crippen LogP contribution is -2.62. The number of piperazine rings is 1. The van der Waals surface area contributed by atoms with Crippen molar-refractivity contribution in [3.8, 4) is 11.3 Å². The zero-order chi connectivity index (χ0) is 18.8. The zero-order valence-corrected chi connectivity index (χ0v) is 16.6. The van der Waals surface area contributed by atoms with E-state index in [1.165, 1.54) is 12.8 Å². The Morgan fingerprint density at radius 3 is 2.81 bits per heavy atom. The van der Waals surface area contributed by atoms with Gasteiger partial charge < -0.3 is 9.64 Å². The van der Waals surface area contributed by atoms with Gasteiger partial charge in [0.2, 0.25) is 5.95 Å². The van der Waals surface area contributed by atoms with Gasteiger partial charge in [-0.25, -0.2) is 9.97 Å². The fourth-order valence-electron chi connectivity index (χ4n) is 4.31. The van der Waals surface area contributed by atoms with Crippen molar-refractivity contribution in [2.24, 2.45) is 0 Å². The van der Waals surface area contributed by atoms with E-state index in [1.807, 2.05) is 32.2 Å². The van der Waals surface area contributed by atoms with Crippen molar-refractivity contribution in [1.82, 2.24) is 19.9 Å². The second kappa shape index (κ2) is 7.90. The molecule has 2 saturated heterocycles. The first-order chi connectivity index (χ1) is 13.2. The Morgan fingerprint density at radius 1 is 1.11 bits per heavy atom. The Balaban J connectivity index is 1.53. The molecule has 0 spiro atoms. The van der Waals surface area contributed by atoms with Gasteiger partial charge in [-0.3, -0.25) is 9.88 Å². The minimum Gasteiger partial charge on any atom is -0.378 e. The summed E-state index contributed by atoms with van der Waals surface area (Å²) < 4.78 is 5.89. The summed E-state index contributed by atoms with van der Waals surface area (Å²) in [4.78, 5) is 18.9. The summed E-state index contributed by atoms with van der Waals surface area (Å²) in [6.45, 7) is 10.9. The lowest BCUT2D eigenvalue weighted by atomic mass is 10.0. The Kier molecular flexibility index (Phi) is 5.36. The molecule has 2 aliphatic heterocycles. The van der Waals surface area contributed by atoms with Crippen LogP contribution in [0.15, 0.2) is 24.4 Å². The number of pyridine rings is 1. The summed E-state index contributed by atoms with van der Waals surface area (Å²) >= 11 is 0. The van der Waals surface area contributed by atoms with Gasteiger partial charge in [0.1, 0.15) is 0 Å². The minimum atomic E-state index is 0.430. The van der Waals surface area contributed by atoms with Crippen LogP contribution in [0, 0.1) is 13.8 Å². The molecule has 2 atom stereocenters. The Morgan fingerprint density at radius 2 is 2.00 bits per heavy atom. The molecule has 4 heterocycles. The predicted molar refractivity (Wildman–Crippen MR) is 107 cm³/mol. The molecule has 2 aromatic rings. The van der Waals surface area contributed by atoms with Crippen LogP contribution in [0.4, 0.5) is 5.95 Å². The molecule has 2 aromatic heterocycles. The SMILES string of the molecule is CCC[C@H]1COC[C@H]2CN(c3nccc(-c4ccc(C)nc4C)n3)CCN12. The Bertz CT molecular complexity index is 794. The molecule has 0 saturated carbocycles. The maximum absolute atomic E-state index is 5.89. The predicted octanol–water partition coefficient (Wildman–Crippen LogP) is 2.84. The first-order valence-corrected chi connectivity index (χ1v) is 10.0. The van der Waals surface area contributed by atoms with Crippen LogP contribution in [0.3, 0.4) is 0 Å². The third kappa shape index (κ3) is 3.82. The highest BCUT2D eigenvalue weighted by molar-refractivity contribution is 5.62.